The molecule has 0 heterocycles. The first-order valence-electron chi connectivity index (χ1n) is 5.35. The first kappa shape index (κ1) is 15.6. The van der Waals surface area contributed by atoms with Crippen molar-refractivity contribution in [2.75, 3.05) is 18.1 Å². The number of para-hydroxylation sites is 1. The Bertz CT molecular complexity index is 369. The van der Waals surface area contributed by atoms with Crippen LogP contribution in [0.4, 0.5) is 13.2 Å². The molecule has 0 aliphatic carbocycles. The van der Waals surface area contributed by atoms with Gasteiger partial charge in [0.1, 0.15) is 5.75 Å². The minimum Gasteiger partial charge on any atom is -0.496 e. The average Bonchev–Trinajstić information content (AvgIpc) is 2.33. The van der Waals surface area contributed by atoms with Crippen molar-refractivity contribution in [3.05, 3.63) is 29.8 Å². The molecule has 0 fully saturated rings. The molecule has 0 aliphatic heterocycles. The molecule has 1 rings (SSSR count). The van der Waals surface area contributed by atoms with Gasteiger partial charge in [-0.05, 0) is 6.07 Å². The van der Waals surface area contributed by atoms with Crippen LogP contribution in [0.2, 0.25) is 0 Å². The molecule has 0 radical (unpaired) electrons. The van der Waals surface area contributed by atoms with E-state index in [-0.39, 0.29) is 12.7 Å². The summed E-state index contributed by atoms with van der Waals surface area (Å²) in [6, 6.07) is 7.18. The summed E-state index contributed by atoms with van der Waals surface area (Å²) in [5, 5.41) is 0. The number of hydrogen-bond donors (Lipinski definition) is 0. The number of rotatable bonds is 6. The lowest BCUT2D eigenvalue weighted by Crippen LogP contribution is -2.15. The summed E-state index contributed by atoms with van der Waals surface area (Å²) in [6.45, 7) is -0.338. The van der Waals surface area contributed by atoms with Gasteiger partial charge in [0.15, 0.2) is 0 Å². The Morgan fingerprint density at radius 1 is 1.28 bits per heavy atom. The van der Waals surface area contributed by atoms with Crippen LogP contribution < -0.4 is 4.74 Å². The lowest BCUT2D eigenvalue weighted by molar-refractivity contribution is -0.148. The van der Waals surface area contributed by atoms with E-state index in [1.165, 1.54) is 7.11 Å². The van der Waals surface area contributed by atoms with Crippen molar-refractivity contribution in [1.82, 2.24) is 0 Å². The topological polar surface area (TPSA) is 18.5 Å². The van der Waals surface area contributed by atoms with Gasteiger partial charge in [0.25, 0.3) is 0 Å². The molecule has 0 N–H and O–H groups in total. The zero-order valence-electron chi connectivity index (χ0n) is 9.84. The van der Waals surface area contributed by atoms with Crippen LogP contribution in [0, 0.1) is 0 Å². The van der Waals surface area contributed by atoms with E-state index < -0.39 is 12.6 Å². The molecule has 1 aromatic carbocycles. The Kier molecular flexibility index (Phi) is 6.20. The van der Waals surface area contributed by atoms with Crippen LogP contribution in [0.15, 0.2) is 24.3 Å². The van der Waals surface area contributed by atoms with E-state index in [9.17, 15) is 13.2 Å². The van der Waals surface area contributed by atoms with E-state index in [4.69, 9.17) is 9.47 Å². The molecule has 0 bridgehead atoms. The second kappa shape index (κ2) is 7.18. The van der Waals surface area contributed by atoms with E-state index in [0.717, 1.165) is 5.56 Å². The molecular formula is C12H14F3IO2. The molecule has 2 nitrogen and oxygen atoms in total. The van der Waals surface area contributed by atoms with Crippen LogP contribution in [0.3, 0.4) is 0 Å². The summed E-state index contributed by atoms with van der Waals surface area (Å²) in [6.07, 6.45) is -5.50. The van der Waals surface area contributed by atoms with Crippen LogP contribution in [-0.2, 0) is 4.74 Å². The fourth-order valence-corrected chi connectivity index (χ4v) is 2.20. The normalized spacial score (nSPS) is 13.4. The number of methoxy groups -OCH3 is 1. The van der Waals surface area contributed by atoms with E-state index >= 15 is 0 Å². The van der Waals surface area contributed by atoms with Gasteiger partial charge in [-0.1, -0.05) is 40.8 Å². The van der Waals surface area contributed by atoms with Gasteiger partial charge in [-0.2, -0.15) is 13.2 Å². The third-order valence-corrected chi connectivity index (χ3v) is 3.13. The predicted molar refractivity (Wildman–Crippen MR) is 71.2 cm³/mol. The summed E-state index contributed by atoms with van der Waals surface area (Å²) in [5.41, 5.74) is 0.775. The maximum absolute atomic E-state index is 12.1. The zero-order chi connectivity index (χ0) is 13.6. The summed E-state index contributed by atoms with van der Waals surface area (Å²) < 4.78 is 47.2. The summed E-state index contributed by atoms with van der Waals surface area (Å²) in [7, 11) is 1.53. The van der Waals surface area contributed by atoms with E-state index in [0.29, 0.717) is 10.2 Å². The smallest absolute Gasteiger partial charge is 0.391 e. The SMILES string of the molecule is COc1ccccc1C(CI)OCCC(F)(F)F. The van der Waals surface area contributed by atoms with Crippen molar-refractivity contribution < 1.29 is 22.6 Å². The van der Waals surface area contributed by atoms with Crippen molar-refractivity contribution >= 4 is 22.6 Å². The second-order valence-electron chi connectivity index (χ2n) is 3.62. The van der Waals surface area contributed by atoms with Crippen molar-refractivity contribution in [3.63, 3.8) is 0 Å². The maximum Gasteiger partial charge on any atom is 0.391 e. The van der Waals surface area contributed by atoms with Gasteiger partial charge in [0, 0.05) is 9.99 Å². The molecule has 0 saturated heterocycles. The molecule has 0 amide bonds. The van der Waals surface area contributed by atoms with Crippen LogP contribution in [0.25, 0.3) is 0 Å². The fraction of sp³-hybridized carbons (Fsp3) is 0.500. The first-order chi connectivity index (χ1) is 8.48. The molecule has 0 aromatic heterocycles. The van der Waals surface area contributed by atoms with Crippen LogP contribution >= 0.6 is 22.6 Å². The van der Waals surface area contributed by atoms with Gasteiger partial charge in [0.2, 0.25) is 0 Å². The first-order valence-corrected chi connectivity index (χ1v) is 6.87. The quantitative estimate of drug-likeness (QED) is 0.551. The highest BCUT2D eigenvalue weighted by Crippen LogP contribution is 2.30. The van der Waals surface area contributed by atoms with Crippen molar-refractivity contribution in [3.8, 4) is 5.75 Å². The summed E-state index contributed by atoms with van der Waals surface area (Å²) >= 11 is 2.08. The highest BCUT2D eigenvalue weighted by Gasteiger charge is 2.27. The summed E-state index contributed by atoms with van der Waals surface area (Å²) in [5.74, 6) is 0.631. The Morgan fingerprint density at radius 2 is 1.94 bits per heavy atom. The fourth-order valence-electron chi connectivity index (χ4n) is 1.47. The number of hydrogen-bond acceptors (Lipinski definition) is 2. The minimum atomic E-state index is -4.18. The molecule has 1 aromatic rings. The van der Waals surface area contributed by atoms with Gasteiger partial charge in [-0.15, -0.1) is 0 Å². The van der Waals surface area contributed by atoms with E-state index in [1.54, 1.807) is 12.1 Å². The molecule has 102 valence electrons. The molecule has 6 heteroatoms. The predicted octanol–water partition coefficient (Wildman–Crippen LogP) is 4.14. The van der Waals surface area contributed by atoms with E-state index in [1.807, 2.05) is 12.1 Å². The van der Waals surface area contributed by atoms with Crippen molar-refractivity contribution in [2.45, 2.75) is 18.7 Å². The molecule has 1 unspecified atom stereocenters. The maximum atomic E-state index is 12.1. The van der Waals surface area contributed by atoms with Crippen molar-refractivity contribution in [2.24, 2.45) is 0 Å². The Hall–Kier alpha value is -0.500. The monoisotopic (exact) mass is 374 g/mol. The summed E-state index contributed by atoms with van der Waals surface area (Å²) in [4.78, 5) is 0. The molecule has 0 aliphatic rings. The molecular weight excluding hydrogens is 360 g/mol. The van der Waals surface area contributed by atoms with Gasteiger partial charge in [-0.25, -0.2) is 0 Å². The number of ether oxygens (including phenoxy) is 2. The largest absolute Gasteiger partial charge is 0.496 e. The molecule has 1 atom stereocenters. The number of alkyl halides is 4. The third kappa shape index (κ3) is 5.01. The minimum absolute atomic E-state index is 0.338. The molecule has 0 spiro atoms. The van der Waals surface area contributed by atoms with Crippen LogP contribution in [-0.4, -0.2) is 24.3 Å². The standard InChI is InChI=1S/C12H14F3IO2/c1-17-10-5-3-2-4-9(10)11(8-16)18-7-6-12(13,14)15/h2-5,11H,6-8H2,1H3. The number of halogens is 4. The Labute approximate surface area is 118 Å². The highest BCUT2D eigenvalue weighted by molar-refractivity contribution is 14.1. The Morgan fingerprint density at radius 3 is 2.50 bits per heavy atom. The highest BCUT2D eigenvalue weighted by atomic mass is 127. The number of benzene rings is 1. The average molecular weight is 374 g/mol. The molecule has 18 heavy (non-hydrogen) atoms. The molecule has 0 saturated carbocycles. The van der Waals surface area contributed by atoms with Gasteiger partial charge < -0.3 is 9.47 Å². The third-order valence-electron chi connectivity index (χ3n) is 2.33. The van der Waals surface area contributed by atoms with Gasteiger partial charge in [-0.3, -0.25) is 0 Å². The Balaban J connectivity index is 2.65. The van der Waals surface area contributed by atoms with Gasteiger partial charge >= 0.3 is 6.18 Å². The van der Waals surface area contributed by atoms with Crippen LogP contribution in [0.1, 0.15) is 18.1 Å². The zero-order valence-corrected chi connectivity index (χ0v) is 12.0. The lowest BCUT2D eigenvalue weighted by Gasteiger charge is -2.19. The van der Waals surface area contributed by atoms with E-state index in [2.05, 4.69) is 22.6 Å². The van der Waals surface area contributed by atoms with Crippen LogP contribution in [0.5, 0.6) is 5.75 Å². The van der Waals surface area contributed by atoms with Gasteiger partial charge in [0.05, 0.1) is 26.2 Å². The second-order valence-corrected chi connectivity index (χ2v) is 4.50. The van der Waals surface area contributed by atoms with Crippen molar-refractivity contribution in [1.29, 1.82) is 0 Å². The lowest BCUT2D eigenvalue weighted by atomic mass is 10.1.